The van der Waals surface area contributed by atoms with Crippen molar-refractivity contribution in [2.24, 2.45) is 5.92 Å². The number of amides is 1. The summed E-state index contributed by atoms with van der Waals surface area (Å²) in [6, 6.07) is -0.730. The Morgan fingerprint density at radius 1 is 1.73 bits per heavy atom. The van der Waals surface area contributed by atoms with E-state index in [0.29, 0.717) is 6.54 Å². The van der Waals surface area contributed by atoms with E-state index in [1.807, 2.05) is 13.8 Å². The standard InChI is InChI=1S/C10H16ClNO3/c1-3-6(2)9(10(14)15)12-5-7(11)4-8(12)13/h6-7,9H,3-5H2,1-2H3,(H,14,15). The molecule has 0 aliphatic carbocycles. The van der Waals surface area contributed by atoms with E-state index in [-0.39, 0.29) is 23.6 Å². The monoisotopic (exact) mass is 233 g/mol. The quantitative estimate of drug-likeness (QED) is 0.746. The SMILES string of the molecule is CCC(C)C(C(=O)O)N1CC(Cl)CC1=O. The van der Waals surface area contributed by atoms with Gasteiger partial charge in [0.05, 0.1) is 5.38 Å². The molecule has 15 heavy (non-hydrogen) atoms. The molecule has 1 fully saturated rings. The van der Waals surface area contributed by atoms with Gasteiger partial charge in [0.25, 0.3) is 0 Å². The van der Waals surface area contributed by atoms with E-state index in [1.54, 1.807) is 0 Å². The van der Waals surface area contributed by atoms with Gasteiger partial charge >= 0.3 is 5.97 Å². The fraction of sp³-hybridized carbons (Fsp3) is 0.800. The first-order valence-electron chi connectivity index (χ1n) is 5.13. The summed E-state index contributed by atoms with van der Waals surface area (Å²) in [6.07, 6.45) is 0.982. The summed E-state index contributed by atoms with van der Waals surface area (Å²) >= 11 is 5.84. The number of likely N-dealkylation sites (tertiary alicyclic amines) is 1. The first kappa shape index (κ1) is 12.3. The summed E-state index contributed by atoms with van der Waals surface area (Å²) in [6.45, 7) is 4.11. The lowest BCUT2D eigenvalue weighted by Gasteiger charge is -2.28. The zero-order chi connectivity index (χ0) is 11.6. The Balaban J connectivity index is 2.81. The molecular formula is C10H16ClNO3. The van der Waals surface area contributed by atoms with Crippen molar-refractivity contribution in [3.63, 3.8) is 0 Å². The highest BCUT2D eigenvalue weighted by molar-refractivity contribution is 6.22. The van der Waals surface area contributed by atoms with Crippen LogP contribution in [0.4, 0.5) is 0 Å². The van der Waals surface area contributed by atoms with Crippen molar-refractivity contribution >= 4 is 23.5 Å². The van der Waals surface area contributed by atoms with E-state index in [0.717, 1.165) is 6.42 Å². The number of rotatable bonds is 4. The van der Waals surface area contributed by atoms with Crippen LogP contribution in [0, 0.1) is 5.92 Å². The Labute approximate surface area is 94.2 Å². The molecule has 1 N–H and O–H groups in total. The lowest BCUT2D eigenvalue weighted by molar-refractivity contribution is -0.150. The molecule has 3 unspecified atom stereocenters. The molecule has 5 heteroatoms. The molecule has 0 aromatic carbocycles. The Morgan fingerprint density at radius 2 is 2.33 bits per heavy atom. The van der Waals surface area contributed by atoms with Crippen molar-refractivity contribution in [1.82, 2.24) is 4.90 Å². The highest BCUT2D eigenvalue weighted by Crippen LogP contribution is 2.24. The van der Waals surface area contributed by atoms with E-state index in [2.05, 4.69) is 0 Å². The molecule has 4 nitrogen and oxygen atoms in total. The summed E-state index contributed by atoms with van der Waals surface area (Å²) in [5.41, 5.74) is 0. The van der Waals surface area contributed by atoms with Gasteiger partial charge in [0.1, 0.15) is 6.04 Å². The van der Waals surface area contributed by atoms with Gasteiger partial charge < -0.3 is 10.0 Å². The molecule has 86 valence electrons. The van der Waals surface area contributed by atoms with Gasteiger partial charge in [0.2, 0.25) is 5.91 Å². The Hall–Kier alpha value is -0.770. The minimum Gasteiger partial charge on any atom is -0.480 e. The Morgan fingerprint density at radius 3 is 2.67 bits per heavy atom. The van der Waals surface area contributed by atoms with Gasteiger partial charge in [0.15, 0.2) is 0 Å². The van der Waals surface area contributed by atoms with Crippen molar-refractivity contribution in [3.05, 3.63) is 0 Å². The van der Waals surface area contributed by atoms with Crippen molar-refractivity contribution in [3.8, 4) is 0 Å². The van der Waals surface area contributed by atoms with Gasteiger partial charge in [-0.05, 0) is 5.92 Å². The van der Waals surface area contributed by atoms with Crippen molar-refractivity contribution in [1.29, 1.82) is 0 Å². The largest absolute Gasteiger partial charge is 0.480 e. The third-order valence-corrected chi connectivity index (χ3v) is 3.18. The van der Waals surface area contributed by atoms with Crippen molar-refractivity contribution < 1.29 is 14.7 Å². The fourth-order valence-corrected chi connectivity index (χ4v) is 2.14. The maximum atomic E-state index is 11.5. The number of carbonyl (C=O) groups excluding carboxylic acids is 1. The topological polar surface area (TPSA) is 57.6 Å². The predicted molar refractivity (Wildman–Crippen MR) is 56.8 cm³/mol. The molecule has 0 spiro atoms. The molecule has 3 atom stereocenters. The van der Waals surface area contributed by atoms with Gasteiger partial charge in [-0.1, -0.05) is 20.3 Å². The number of alkyl halides is 1. The zero-order valence-corrected chi connectivity index (χ0v) is 9.70. The maximum absolute atomic E-state index is 11.5. The smallest absolute Gasteiger partial charge is 0.326 e. The zero-order valence-electron chi connectivity index (χ0n) is 8.94. The second kappa shape index (κ2) is 4.84. The number of carbonyl (C=O) groups is 2. The summed E-state index contributed by atoms with van der Waals surface area (Å²) in [4.78, 5) is 24.0. The molecule has 1 saturated heterocycles. The Kier molecular flexibility index (Phi) is 3.97. The average molecular weight is 234 g/mol. The van der Waals surface area contributed by atoms with Crippen LogP contribution in [0.15, 0.2) is 0 Å². The number of carboxylic acid groups (broad SMARTS) is 1. The number of nitrogens with zero attached hydrogens (tertiary/aromatic N) is 1. The van der Waals surface area contributed by atoms with Gasteiger partial charge in [-0.25, -0.2) is 4.79 Å². The highest BCUT2D eigenvalue weighted by Gasteiger charge is 2.39. The molecule has 0 saturated carbocycles. The maximum Gasteiger partial charge on any atom is 0.326 e. The normalized spacial score (nSPS) is 25.4. The summed E-state index contributed by atoms with van der Waals surface area (Å²) in [5, 5.41) is 8.86. The second-order valence-electron chi connectivity index (χ2n) is 4.02. The van der Waals surface area contributed by atoms with Crippen LogP contribution >= 0.6 is 11.6 Å². The number of halogens is 1. The number of hydrogen-bond donors (Lipinski definition) is 1. The van der Waals surface area contributed by atoms with E-state index in [1.165, 1.54) is 4.90 Å². The molecule has 1 rings (SSSR count). The lowest BCUT2D eigenvalue weighted by Crippen LogP contribution is -2.46. The molecule has 1 heterocycles. The van der Waals surface area contributed by atoms with E-state index in [9.17, 15) is 9.59 Å². The molecule has 0 aromatic rings. The van der Waals surface area contributed by atoms with E-state index >= 15 is 0 Å². The van der Waals surface area contributed by atoms with Crippen LogP contribution in [0.5, 0.6) is 0 Å². The van der Waals surface area contributed by atoms with Crippen LogP contribution in [-0.2, 0) is 9.59 Å². The first-order chi connectivity index (χ1) is 6.97. The van der Waals surface area contributed by atoms with Crippen molar-refractivity contribution in [2.75, 3.05) is 6.54 Å². The summed E-state index contributed by atoms with van der Waals surface area (Å²) < 4.78 is 0. The molecule has 1 amide bonds. The van der Waals surface area contributed by atoms with Gasteiger partial charge in [-0.2, -0.15) is 0 Å². The summed E-state index contributed by atoms with van der Waals surface area (Å²) in [5.74, 6) is -1.14. The van der Waals surface area contributed by atoms with Crippen LogP contribution in [0.3, 0.4) is 0 Å². The lowest BCUT2D eigenvalue weighted by atomic mass is 9.98. The van der Waals surface area contributed by atoms with Crippen LogP contribution in [0.1, 0.15) is 26.7 Å². The highest BCUT2D eigenvalue weighted by atomic mass is 35.5. The predicted octanol–water partition coefficient (Wildman–Crippen LogP) is 1.33. The van der Waals surface area contributed by atoms with Gasteiger partial charge in [-0.15, -0.1) is 11.6 Å². The van der Waals surface area contributed by atoms with Crippen LogP contribution in [0.2, 0.25) is 0 Å². The van der Waals surface area contributed by atoms with Crippen LogP contribution < -0.4 is 0 Å². The minimum absolute atomic E-state index is 0.0478. The molecule has 0 aromatic heterocycles. The van der Waals surface area contributed by atoms with Gasteiger partial charge in [0, 0.05) is 13.0 Å². The molecule has 1 aliphatic rings. The third kappa shape index (κ3) is 2.62. The first-order valence-corrected chi connectivity index (χ1v) is 5.57. The minimum atomic E-state index is -0.941. The third-order valence-electron chi connectivity index (χ3n) is 2.88. The number of hydrogen-bond acceptors (Lipinski definition) is 2. The van der Waals surface area contributed by atoms with Crippen LogP contribution in [0.25, 0.3) is 0 Å². The van der Waals surface area contributed by atoms with Gasteiger partial charge in [-0.3, -0.25) is 4.79 Å². The average Bonchev–Trinajstić information content (AvgIpc) is 2.45. The molecule has 1 aliphatic heterocycles. The second-order valence-corrected chi connectivity index (χ2v) is 4.63. The molecule has 0 radical (unpaired) electrons. The summed E-state index contributed by atoms with van der Waals surface area (Å²) in [7, 11) is 0. The van der Waals surface area contributed by atoms with Crippen molar-refractivity contribution in [2.45, 2.75) is 38.1 Å². The van der Waals surface area contributed by atoms with E-state index < -0.39 is 12.0 Å². The van der Waals surface area contributed by atoms with E-state index in [4.69, 9.17) is 16.7 Å². The number of aliphatic carboxylic acids is 1. The molecular weight excluding hydrogens is 218 g/mol. The Bertz CT molecular complexity index is 269. The number of carboxylic acids is 1. The fourth-order valence-electron chi connectivity index (χ4n) is 1.86. The molecule has 0 bridgehead atoms. The van der Waals surface area contributed by atoms with Crippen LogP contribution in [-0.4, -0.2) is 39.8 Å².